The predicted molar refractivity (Wildman–Crippen MR) is 76.5 cm³/mol. The molecule has 0 aliphatic carbocycles. The number of halogens is 1. The number of hydrogen-bond donors (Lipinski definition) is 0. The van der Waals surface area contributed by atoms with Crippen LogP contribution in [-0.2, 0) is 4.79 Å². The average molecular weight is 284 g/mol. The van der Waals surface area contributed by atoms with Crippen LogP contribution in [0.5, 0.6) is 5.75 Å². The van der Waals surface area contributed by atoms with Gasteiger partial charge in [-0.2, -0.15) is 9.65 Å². The molecule has 0 heterocycles. The summed E-state index contributed by atoms with van der Waals surface area (Å²) in [7, 11) is 1.46. The summed E-state index contributed by atoms with van der Waals surface area (Å²) < 4.78 is 19.0. The van der Waals surface area contributed by atoms with Gasteiger partial charge in [-0.3, -0.25) is 4.79 Å². The Hall–Kier alpha value is -2.87. The molecular formula is C16H13FN2O2. The van der Waals surface area contributed by atoms with Gasteiger partial charge in [0.15, 0.2) is 0 Å². The van der Waals surface area contributed by atoms with Crippen LogP contribution < -0.4 is 9.64 Å². The van der Waals surface area contributed by atoms with E-state index in [1.165, 1.54) is 24.1 Å². The molecule has 1 unspecified atom stereocenters. The Balaban J connectivity index is 2.12. The third-order valence-electron chi connectivity index (χ3n) is 2.91. The SMILES string of the molecule is CN(C(=O)C(F)Oc1ccccc1C#N)c1ccccc1. The summed E-state index contributed by atoms with van der Waals surface area (Å²) in [5.41, 5.74) is 0.734. The third-order valence-corrected chi connectivity index (χ3v) is 2.91. The van der Waals surface area contributed by atoms with Gasteiger partial charge in [-0.25, -0.2) is 0 Å². The molecule has 2 rings (SSSR count). The maximum absolute atomic E-state index is 14.0. The molecule has 0 saturated carbocycles. The predicted octanol–water partition coefficient (Wildman–Crippen LogP) is 2.90. The van der Waals surface area contributed by atoms with Crippen LogP contribution in [-0.4, -0.2) is 19.3 Å². The fourth-order valence-electron chi connectivity index (χ4n) is 1.75. The topological polar surface area (TPSA) is 53.3 Å². The normalized spacial score (nSPS) is 11.3. The number of ether oxygens (including phenoxy) is 1. The zero-order valence-corrected chi connectivity index (χ0v) is 11.4. The number of carbonyl (C=O) groups is 1. The van der Waals surface area contributed by atoms with E-state index in [1.807, 2.05) is 6.07 Å². The molecule has 1 amide bonds. The maximum Gasteiger partial charge on any atom is 0.317 e. The lowest BCUT2D eigenvalue weighted by molar-refractivity contribution is -0.132. The molecule has 21 heavy (non-hydrogen) atoms. The van der Waals surface area contributed by atoms with Crippen LogP contribution in [0.25, 0.3) is 0 Å². The van der Waals surface area contributed by atoms with Gasteiger partial charge in [0.2, 0.25) is 0 Å². The van der Waals surface area contributed by atoms with Gasteiger partial charge in [-0.05, 0) is 24.3 Å². The van der Waals surface area contributed by atoms with E-state index in [0.29, 0.717) is 5.69 Å². The molecule has 106 valence electrons. The van der Waals surface area contributed by atoms with Crippen molar-refractivity contribution < 1.29 is 13.9 Å². The highest BCUT2D eigenvalue weighted by molar-refractivity contribution is 5.95. The van der Waals surface area contributed by atoms with E-state index in [9.17, 15) is 9.18 Å². The number of rotatable bonds is 4. The number of carbonyl (C=O) groups excluding carboxylic acids is 1. The van der Waals surface area contributed by atoms with Crippen LogP contribution in [0.15, 0.2) is 54.6 Å². The molecule has 0 aliphatic heterocycles. The lowest BCUT2D eigenvalue weighted by atomic mass is 10.2. The second-order valence-electron chi connectivity index (χ2n) is 4.27. The first-order valence-electron chi connectivity index (χ1n) is 6.26. The van der Waals surface area contributed by atoms with Gasteiger partial charge in [-0.15, -0.1) is 0 Å². The molecule has 0 fully saturated rings. The van der Waals surface area contributed by atoms with Crippen LogP contribution in [0.1, 0.15) is 5.56 Å². The number of likely N-dealkylation sites (N-methyl/N-ethyl adjacent to an activating group) is 1. The van der Waals surface area contributed by atoms with Crippen molar-refractivity contribution in [1.82, 2.24) is 0 Å². The van der Waals surface area contributed by atoms with Crippen molar-refractivity contribution in [2.45, 2.75) is 6.36 Å². The molecule has 5 heteroatoms. The number of alkyl halides is 1. The standard InChI is InChI=1S/C16H13FN2O2/c1-19(13-8-3-2-4-9-13)16(20)15(17)21-14-10-6-5-7-12(14)11-18/h2-10,15H,1H3. The van der Waals surface area contributed by atoms with E-state index in [4.69, 9.17) is 10.00 Å². The van der Waals surface area contributed by atoms with Gasteiger partial charge in [-0.1, -0.05) is 30.3 Å². The lowest BCUT2D eigenvalue weighted by Gasteiger charge is -2.20. The summed E-state index contributed by atoms with van der Waals surface area (Å²) in [5.74, 6) is -0.795. The first kappa shape index (κ1) is 14.5. The van der Waals surface area contributed by atoms with Gasteiger partial charge < -0.3 is 9.64 Å². The van der Waals surface area contributed by atoms with Gasteiger partial charge in [0.25, 0.3) is 0 Å². The van der Waals surface area contributed by atoms with Crippen molar-refractivity contribution in [3.05, 3.63) is 60.2 Å². The van der Waals surface area contributed by atoms with E-state index in [-0.39, 0.29) is 11.3 Å². The van der Waals surface area contributed by atoms with Crippen LogP contribution in [0.2, 0.25) is 0 Å². The number of anilines is 1. The Morgan fingerprint density at radius 3 is 2.48 bits per heavy atom. The third kappa shape index (κ3) is 3.37. The van der Waals surface area contributed by atoms with Crippen molar-refractivity contribution in [1.29, 1.82) is 5.26 Å². The van der Waals surface area contributed by atoms with E-state index in [0.717, 1.165) is 0 Å². The fourth-order valence-corrected chi connectivity index (χ4v) is 1.75. The second kappa shape index (κ2) is 6.53. The molecule has 2 aromatic rings. The summed E-state index contributed by atoms with van der Waals surface area (Å²) in [6.07, 6.45) is -2.18. The molecule has 0 bridgehead atoms. The summed E-state index contributed by atoms with van der Waals surface area (Å²) in [5, 5.41) is 8.91. The largest absolute Gasteiger partial charge is 0.450 e. The molecule has 1 atom stereocenters. The number of nitrogens with zero attached hydrogens (tertiary/aromatic N) is 2. The zero-order valence-electron chi connectivity index (χ0n) is 11.4. The lowest BCUT2D eigenvalue weighted by Crippen LogP contribution is -2.37. The van der Waals surface area contributed by atoms with E-state index < -0.39 is 12.3 Å². The Bertz CT molecular complexity index is 667. The quantitative estimate of drug-likeness (QED) is 0.867. The second-order valence-corrected chi connectivity index (χ2v) is 4.27. The zero-order chi connectivity index (χ0) is 15.2. The van der Waals surface area contributed by atoms with Crippen LogP contribution in [0.4, 0.5) is 10.1 Å². The van der Waals surface area contributed by atoms with Crippen molar-refractivity contribution >= 4 is 11.6 Å². The molecule has 4 nitrogen and oxygen atoms in total. The van der Waals surface area contributed by atoms with Crippen molar-refractivity contribution in [2.24, 2.45) is 0 Å². The molecule has 0 N–H and O–H groups in total. The molecule has 0 aromatic heterocycles. The van der Waals surface area contributed by atoms with E-state index in [2.05, 4.69) is 0 Å². The molecule has 0 saturated heterocycles. The number of benzene rings is 2. The highest BCUT2D eigenvalue weighted by Crippen LogP contribution is 2.20. The van der Waals surface area contributed by atoms with E-state index in [1.54, 1.807) is 42.5 Å². The fraction of sp³-hybridized carbons (Fsp3) is 0.125. The van der Waals surface area contributed by atoms with Crippen LogP contribution in [0.3, 0.4) is 0 Å². The summed E-state index contributed by atoms with van der Waals surface area (Å²) >= 11 is 0. The molecule has 2 aromatic carbocycles. The molecule has 0 radical (unpaired) electrons. The highest BCUT2D eigenvalue weighted by atomic mass is 19.1. The Labute approximate surface area is 122 Å². The highest BCUT2D eigenvalue weighted by Gasteiger charge is 2.25. The Morgan fingerprint density at radius 1 is 1.19 bits per heavy atom. The van der Waals surface area contributed by atoms with Gasteiger partial charge in [0.1, 0.15) is 11.8 Å². The number of para-hydroxylation sites is 2. The minimum atomic E-state index is -2.18. The monoisotopic (exact) mass is 284 g/mol. The van der Waals surface area contributed by atoms with Crippen LogP contribution in [0, 0.1) is 11.3 Å². The molecule has 0 aliphatic rings. The number of amides is 1. The molecular weight excluding hydrogens is 271 g/mol. The first-order valence-corrected chi connectivity index (χ1v) is 6.26. The van der Waals surface area contributed by atoms with Crippen LogP contribution >= 0.6 is 0 Å². The first-order chi connectivity index (χ1) is 10.1. The van der Waals surface area contributed by atoms with Gasteiger partial charge in [0, 0.05) is 12.7 Å². The molecule has 0 spiro atoms. The van der Waals surface area contributed by atoms with Gasteiger partial charge >= 0.3 is 12.3 Å². The van der Waals surface area contributed by atoms with Crippen molar-refractivity contribution in [2.75, 3.05) is 11.9 Å². The number of hydrogen-bond acceptors (Lipinski definition) is 3. The van der Waals surface area contributed by atoms with Crippen molar-refractivity contribution in [3.8, 4) is 11.8 Å². The Kier molecular flexibility index (Phi) is 4.52. The maximum atomic E-state index is 14.0. The van der Waals surface area contributed by atoms with Crippen molar-refractivity contribution in [3.63, 3.8) is 0 Å². The summed E-state index contributed by atoms with van der Waals surface area (Å²) in [4.78, 5) is 13.2. The number of nitriles is 1. The smallest absolute Gasteiger partial charge is 0.317 e. The summed E-state index contributed by atoms with van der Waals surface area (Å²) in [6.45, 7) is 0. The van der Waals surface area contributed by atoms with Gasteiger partial charge in [0.05, 0.1) is 5.56 Å². The van der Waals surface area contributed by atoms with E-state index >= 15 is 0 Å². The minimum Gasteiger partial charge on any atom is -0.450 e. The average Bonchev–Trinajstić information content (AvgIpc) is 2.54. The minimum absolute atomic E-state index is 0.0438. The summed E-state index contributed by atoms with van der Waals surface area (Å²) in [6, 6.07) is 16.7. The Morgan fingerprint density at radius 2 is 1.81 bits per heavy atom.